The molecule has 0 aliphatic heterocycles. The zero-order valence-electron chi connectivity index (χ0n) is 10.1. The van der Waals surface area contributed by atoms with Gasteiger partial charge in [-0.1, -0.05) is 23.2 Å². The first-order valence-corrected chi connectivity index (χ1v) is 8.25. The van der Waals surface area contributed by atoms with E-state index in [1.54, 1.807) is 0 Å². The molecule has 1 heterocycles. The molecule has 0 aliphatic carbocycles. The normalized spacial score (nSPS) is 11.7. The Balaban J connectivity index is 3.04. The number of rotatable bonds is 7. The summed E-state index contributed by atoms with van der Waals surface area (Å²) in [7, 11) is -2.28. The molecule has 0 saturated heterocycles. The van der Waals surface area contributed by atoms with Crippen molar-refractivity contribution in [3.63, 3.8) is 0 Å². The molecule has 1 aromatic rings. The molecule has 5 nitrogen and oxygen atoms in total. The number of nitrogens with zero attached hydrogens (tertiary/aromatic N) is 2. The summed E-state index contributed by atoms with van der Waals surface area (Å²) in [4.78, 5) is -0.0294. The van der Waals surface area contributed by atoms with Gasteiger partial charge in [0.25, 0.3) is 0 Å². The Morgan fingerprint density at radius 3 is 2.63 bits per heavy atom. The molecule has 0 unspecified atom stereocenters. The summed E-state index contributed by atoms with van der Waals surface area (Å²) in [6.07, 6.45) is 0.0957. The molecule has 19 heavy (non-hydrogen) atoms. The van der Waals surface area contributed by atoms with E-state index in [0.29, 0.717) is 4.34 Å². The average Bonchev–Trinajstić information content (AvgIpc) is 2.69. The van der Waals surface area contributed by atoms with E-state index in [4.69, 9.17) is 33.2 Å². The monoisotopic (exact) mass is 342 g/mol. The van der Waals surface area contributed by atoms with E-state index >= 15 is 0 Å². The maximum absolute atomic E-state index is 12.4. The van der Waals surface area contributed by atoms with Crippen molar-refractivity contribution >= 4 is 44.6 Å². The number of halogens is 2. The second kappa shape index (κ2) is 7.43. The smallest absolute Gasteiger partial charge is 0.245 e. The van der Waals surface area contributed by atoms with Crippen LogP contribution < -0.4 is 0 Å². The predicted octanol–water partition coefficient (Wildman–Crippen LogP) is 2.61. The van der Waals surface area contributed by atoms with Gasteiger partial charge < -0.3 is 4.74 Å². The quantitative estimate of drug-likeness (QED) is 0.763. The molecular formula is C10H12Cl2N2O3S2. The Morgan fingerprint density at radius 2 is 2.16 bits per heavy atom. The van der Waals surface area contributed by atoms with Gasteiger partial charge in [-0.3, -0.25) is 0 Å². The van der Waals surface area contributed by atoms with Gasteiger partial charge in [0.2, 0.25) is 10.0 Å². The minimum atomic E-state index is -3.76. The summed E-state index contributed by atoms with van der Waals surface area (Å²) in [5, 5.41) is 8.59. The second-order valence-electron chi connectivity index (χ2n) is 3.49. The first-order chi connectivity index (χ1) is 8.93. The molecule has 0 aliphatic rings. The molecule has 9 heteroatoms. The van der Waals surface area contributed by atoms with Gasteiger partial charge in [0, 0.05) is 26.6 Å². The van der Waals surface area contributed by atoms with Crippen LogP contribution in [0.3, 0.4) is 0 Å². The predicted molar refractivity (Wildman–Crippen MR) is 75.2 cm³/mol. The number of thiophene rings is 1. The molecule has 0 amide bonds. The van der Waals surface area contributed by atoms with Crippen LogP contribution in [0, 0.1) is 11.3 Å². The molecule has 1 rings (SSSR count). The van der Waals surface area contributed by atoms with E-state index in [0.717, 1.165) is 11.3 Å². The number of hydrogen-bond acceptors (Lipinski definition) is 5. The first-order valence-electron chi connectivity index (χ1n) is 5.24. The van der Waals surface area contributed by atoms with Crippen LogP contribution in [0.5, 0.6) is 0 Å². The fourth-order valence-corrected chi connectivity index (χ4v) is 4.90. The summed E-state index contributed by atoms with van der Waals surface area (Å²) in [5.74, 6) is 0. The average molecular weight is 343 g/mol. The van der Waals surface area contributed by atoms with E-state index < -0.39 is 10.0 Å². The number of hydrogen-bond donors (Lipinski definition) is 0. The number of ether oxygens (including phenoxy) is 1. The molecule has 0 N–H and O–H groups in total. The molecule has 0 aromatic carbocycles. The van der Waals surface area contributed by atoms with Crippen LogP contribution in [-0.4, -0.2) is 39.5 Å². The molecule has 0 saturated carbocycles. The third-order valence-electron chi connectivity index (χ3n) is 2.26. The lowest BCUT2D eigenvalue weighted by Gasteiger charge is -2.20. The van der Waals surface area contributed by atoms with Gasteiger partial charge >= 0.3 is 0 Å². The Hall–Kier alpha value is -0.360. The summed E-state index contributed by atoms with van der Waals surface area (Å²) >= 11 is 12.6. The fraction of sp³-hybridized carbons (Fsp3) is 0.500. The maximum Gasteiger partial charge on any atom is 0.245 e. The van der Waals surface area contributed by atoms with Gasteiger partial charge in [0.05, 0.1) is 17.0 Å². The highest BCUT2D eigenvalue weighted by molar-refractivity contribution is 7.89. The topological polar surface area (TPSA) is 70.4 Å². The first kappa shape index (κ1) is 16.7. The van der Waals surface area contributed by atoms with Gasteiger partial charge in [-0.15, -0.1) is 11.3 Å². The second-order valence-corrected chi connectivity index (χ2v) is 7.69. The lowest BCUT2D eigenvalue weighted by atomic mass is 10.4. The minimum Gasteiger partial charge on any atom is -0.383 e. The summed E-state index contributed by atoms with van der Waals surface area (Å²) in [5.41, 5.74) is 0. The molecule has 0 fully saturated rings. The Kier molecular flexibility index (Phi) is 6.53. The van der Waals surface area contributed by atoms with Crippen LogP contribution in [0.15, 0.2) is 11.0 Å². The molecule has 0 radical (unpaired) electrons. The number of nitriles is 1. The standard InChI is InChI=1S/C10H12Cl2N2O3S2/c1-17-6-5-14(4-2-3-13)19(15,16)8-7-9(11)18-10(8)12/h7H,2,4-6H2,1H3. The third-order valence-corrected chi connectivity index (χ3v) is 5.91. The maximum atomic E-state index is 12.4. The molecule has 0 bridgehead atoms. The molecular weight excluding hydrogens is 331 g/mol. The lowest BCUT2D eigenvalue weighted by molar-refractivity contribution is 0.179. The van der Waals surface area contributed by atoms with E-state index in [2.05, 4.69) is 0 Å². The van der Waals surface area contributed by atoms with E-state index in [1.807, 2.05) is 6.07 Å². The highest BCUT2D eigenvalue weighted by Gasteiger charge is 2.28. The van der Waals surface area contributed by atoms with Crippen LogP contribution in [0.25, 0.3) is 0 Å². The summed E-state index contributed by atoms with van der Waals surface area (Å²) in [6, 6.07) is 3.23. The minimum absolute atomic E-state index is 0.0294. The van der Waals surface area contributed by atoms with Crippen molar-refractivity contribution in [2.75, 3.05) is 26.8 Å². The van der Waals surface area contributed by atoms with Crippen molar-refractivity contribution in [1.29, 1.82) is 5.26 Å². The Labute approximate surface area is 126 Å². The van der Waals surface area contributed by atoms with Crippen molar-refractivity contribution in [1.82, 2.24) is 4.31 Å². The highest BCUT2D eigenvalue weighted by atomic mass is 35.5. The van der Waals surface area contributed by atoms with Crippen LogP contribution in [-0.2, 0) is 14.8 Å². The number of methoxy groups -OCH3 is 1. The zero-order chi connectivity index (χ0) is 14.5. The SMILES string of the molecule is COCCN(CCC#N)S(=O)(=O)c1cc(Cl)sc1Cl. The molecule has 1 aromatic heterocycles. The van der Waals surface area contributed by atoms with E-state index in [1.165, 1.54) is 17.5 Å². The van der Waals surface area contributed by atoms with E-state index in [9.17, 15) is 8.42 Å². The Bertz CT molecular complexity index is 566. The van der Waals surface area contributed by atoms with Gasteiger partial charge in [0.15, 0.2) is 0 Å². The lowest BCUT2D eigenvalue weighted by Crippen LogP contribution is -2.34. The van der Waals surface area contributed by atoms with Crippen LogP contribution in [0.1, 0.15) is 6.42 Å². The fourth-order valence-electron chi connectivity index (χ4n) is 1.36. The van der Waals surface area contributed by atoms with Crippen LogP contribution in [0.2, 0.25) is 8.67 Å². The van der Waals surface area contributed by atoms with Gasteiger partial charge in [-0.05, 0) is 6.07 Å². The van der Waals surface area contributed by atoms with Gasteiger partial charge in [0.1, 0.15) is 9.23 Å². The Morgan fingerprint density at radius 1 is 1.47 bits per heavy atom. The summed E-state index contributed by atoms with van der Waals surface area (Å²) in [6.45, 7) is 0.483. The number of sulfonamides is 1. The van der Waals surface area contributed by atoms with Crippen LogP contribution >= 0.6 is 34.5 Å². The van der Waals surface area contributed by atoms with Crippen molar-refractivity contribution in [3.8, 4) is 6.07 Å². The van der Waals surface area contributed by atoms with Gasteiger partial charge in [-0.25, -0.2) is 8.42 Å². The molecule has 0 atom stereocenters. The summed E-state index contributed by atoms with van der Waals surface area (Å²) < 4.78 is 31.3. The van der Waals surface area contributed by atoms with Crippen molar-refractivity contribution in [2.24, 2.45) is 0 Å². The van der Waals surface area contributed by atoms with Gasteiger partial charge in [-0.2, -0.15) is 9.57 Å². The van der Waals surface area contributed by atoms with Crippen molar-refractivity contribution in [2.45, 2.75) is 11.3 Å². The van der Waals surface area contributed by atoms with E-state index in [-0.39, 0.29) is 35.3 Å². The van der Waals surface area contributed by atoms with Crippen LogP contribution in [0.4, 0.5) is 0 Å². The third kappa shape index (κ3) is 4.31. The molecule has 106 valence electrons. The molecule has 0 spiro atoms. The largest absolute Gasteiger partial charge is 0.383 e. The van der Waals surface area contributed by atoms with Crippen molar-refractivity contribution in [3.05, 3.63) is 14.7 Å². The highest BCUT2D eigenvalue weighted by Crippen LogP contribution is 2.35. The van der Waals surface area contributed by atoms with Crippen molar-refractivity contribution < 1.29 is 13.2 Å². The zero-order valence-corrected chi connectivity index (χ0v) is 13.2.